The summed E-state index contributed by atoms with van der Waals surface area (Å²) in [6, 6.07) is 46.5. The lowest BCUT2D eigenvalue weighted by Gasteiger charge is -2.34. The van der Waals surface area contributed by atoms with Crippen molar-refractivity contribution >= 4 is 7.75 Å². The Kier molecular flexibility index (Phi) is 7.90. The quantitative estimate of drug-likeness (QED) is 0.0860. The summed E-state index contributed by atoms with van der Waals surface area (Å²) in [5.74, 6) is 0.911. The first-order valence-corrected chi connectivity index (χ1v) is 21.2. The van der Waals surface area contributed by atoms with Crippen molar-refractivity contribution in [2.24, 2.45) is 5.50 Å². The minimum Gasteiger partial charge on any atom is -0.508 e. The van der Waals surface area contributed by atoms with E-state index in [-0.39, 0.29) is 11.5 Å². The molecule has 10 rings (SSSR count). The number of hydrogen-bond donors (Lipinski definition) is 7. The molecule has 4 aromatic carbocycles. The smallest absolute Gasteiger partial charge is 0.508 e. The van der Waals surface area contributed by atoms with Crippen molar-refractivity contribution in [3.8, 4) is 23.0 Å². The van der Waals surface area contributed by atoms with Crippen LogP contribution >= 0.6 is 7.75 Å². The lowest BCUT2D eigenvalue weighted by molar-refractivity contribution is 0.386. The molecule has 8 aromatic rings. The third-order valence-electron chi connectivity index (χ3n) is 13.2. The van der Waals surface area contributed by atoms with Crippen LogP contribution in [0.4, 0.5) is 0 Å². The van der Waals surface area contributed by atoms with Gasteiger partial charge in [0.15, 0.2) is 0 Å². The third-order valence-corrected chi connectivity index (χ3v) is 14.1. The maximum absolute atomic E-state index is 13.9. The molecule has 11 heteroatoms. The molecule has 0 spiro atoms. The van der Waals surface area contributed by atoms with Crippen LogP contribution in [0.25, 0.3) is 0 Å². The predicted octanol–water partition coefficient (Wildman–Crippen LogP) is 9.98. The summed E-state index contributed by atoms with van der Waals surface area (Å²) >= 11 is 0. The van der Waals surface area contributed by atoms with Crippen molar-refractivity contribution < 1.29 is 23.8 Å². The summed E-state index contributed by atoms with van der Waals surface area (Å²) in [5.41, 5.74) is 13.5. The Morgan fingerprint density at radius 1 is 0.424 bits per heavy atom. The molecule has 0 amide bonds. The van der Waals surface area contributed by atoms with E-state index < -0.39 is 29.4 Å². The van der Waals surface area contributed by atoms with Crippen molar-refractivity contribution in [2.75, 3.05) is 0 Å². The van der Waals surface area contributed by atoms with Gasteiger partial charge in [-0.1, -0.05) is 48.5 Å². The van der Waals surface area contributed by atoms with Crippen LogP contribution in [0, 0.1) is 0 Å². The highest BCUT2D eigenvalue weighted by Gasteiger charge is 2.44. The Hall–Kier alpha value is -6.61. The van der Waals surface area contributed by atoms with Crippen molar-refractivity contribution in [3.63, 3.8) is 0 Å². The Balaban J connectivity index is 1.33. The minimum absolute atomic E-state index is 0.154. The number of nitrogens with two attached hydrogens (primary N) is 1. The second-order valence-corrected chi connectivity index (χ2v) is 18.0. The highest BCUT2D eigenvalue weighted by atomic mass is 31.2. The number of H-pyrrole nitrogens is 4. The number of phenols is 2. The van der Waals surface area contributed by atoms with Gasteiger partial charge in [-0.25, -0.2) is 10.1 Å². The summed E-state index contributed by atoms with van der Waals surface area (Å²) in [4.78, 5) is 15.5. The van der Waals surface area contributed by atoms with E-state index in [4.69, 9.17) is 14.6 Å². The maximum atomic E-state index is 13.9. The molecule has 5 atom stereocenters. The van der Waals surface area contributed by atoms with E-state index in [0.717, 1.165) is 67.8 Å². The normalized spacial score (nSPS) is 25.8. The molecule has 0 radical (unpaired) electrons. The second kappa shape index (κ2) is 12.7. The van der Waals surface area contributed by atoms with Crippen LogP contribution in [0.15, 0.2) is 146 Å². The van der Waals surface area contributed by atoms with Gasteiger partial charge in [0.25, 0.3) is 0 Å². The summed E-state index contributed by atoms with van der Waals surface area (Å²) in [7, 11) is -4.17. The molecule has 4 aromatic heterocycles. The van der Waals surface area contributed by atoms with Gasteiger partial charge in [0.1, 0.15) is 23.0 Å². The number of nitrogens with one attached hydrogen (secondary N) is 4. The number of hydrogen-bond acceptors (Lipinski definition) is 5. The van der Waals surface area contributed by atoms with Gasteiger partial charge in [-0.15, -0.1) is 0 Å². The summed E-state index contributed by atoms with van der Waals surface area (Å²) in [6.45, 7) is 8.58. The molecule has 0 aliphatic carbocycles. The molecule has 6 heterocycles. The van der Waals surface area contributed by atoms with Gasteiger partial charge in [0, 0.05) is 45.6 Å². The number of phenolic OH excluding ortho intramolecular Hbond substituents is 2. The van der Waals surface area contributed by atoms with E-state index in [1.165, 1.54) is 0 Å². The fourth-order valence-electron chi connectivity index (χ4n) is 9.41. The van der Waals surface area contributed by atoms with Gasteiger partial charge in [-0.2, -0.15) is 0 Å². The Morgan fingerprint density at radius 3 is 0.949 bits per heavy atom. The second-order valence-electron chi connectivity index (χ2n) is 16.5. The molecule has 2 aliphatic rings. The minimum atomic E-state index is -4.17. The summed E-state index contributed by atoms with van der Waals surface area (Å²) in [6.07, 6.45) is 0. The molecular formula is C48H44N5O5P. The topological polar surface area (TPSA) is 165 Å². The lowest BCUT2D eigenvalue weighted by Crippen LogP contribution is -2.32. The van der Waals surface area contributed by atoms with Crippen molar-refractivity contribution in [1.29, 1.82) is 0 Å². The van der Waals surface area contributed by atoms with Crippen LogP contribution in [0.3, 0.4) is 0 Å². The van der Waals surface area contributed by atoms with E-state index >= 15 is 0 Å². The maximum Gasteiger partial charge on any atom is 0.510 e. The molecule has 59 heavy (non-hydrogen) atoms. The van der Waals surface area contributed by atoms with Gasteiger partial charge in [-0.3, -0.25) is 0 Å². The first-order chi connectivity index (χ1) is 28.2. The molecule has 8 N–H and O–H groups in total. The fourth-order valence-corrected chi connectivity index (χ4v) is 10.3. The number of rotatable bonds is 2. The van der Waals surface area contributed by atoms with Crippen LogP contribution < -0.4 is 14.6 Å². The molecule has 0 saturated carbocycles. The Bertz CT molecular complexity index is 2790. The van der Waals surface area contributed by atoms with Crippen LogP contribution in [0.2, 0.25) is 0 Å². The monoisotopic (exact) mass is 801 g/mol. The number of aromatic nitrogens is 4. The zero-order valence-electron chi connectivity index (χ0n) is 33.0. The van der Waals surface area contributed by atoms with Gasteiger partial charge in [-0.05, 0) is 147 Å². The molecular weight excluding hydrogens is 758 g/mol. The van der Waals surface area contributed by atoms with Crippen LogP contribution in [-0.4, -0.2) is 30.1 Å². The lowest BCUT2D eigenvalue weighted by atomic mass is 9.76. The standard InChI is InChI=1S/C48H44N5O5P/c1-45(29-9-5-13-33(54)25-29)37-17-18-38(50-37)46(2,30-10-6-14-34(55)26-30)40-20-22-42(52-40)48(4)32-12-8-16-36(28-32)58-59(49,56)57-35-15-7-11-31(27-35)47(3,41-21-19-39(45)51-41)43-23-24-44(48)53-43/h5-28,50-55H,1-4H3,(H2,49,56)/t45-,46+,47-,48+,59?. The first kappa shape index (κ1) is 36.7. The van der Waals surface area contributed by atoms with Crippen LogP contribution in [0.1, 0.15) is 95.5 Å². The summed E-state index contributed by atoms with van der Waals surface area (Å²) in [5, 5.41) is 21.8. The highest BCUT2D eigenvalue weighted by Crippen LogP contribution is 2.50. The first-order valence-electron chi connectivity index (χ1n) is 19.6. The average molecular weight is 802 g/mol. The highest BCUT2D eigenvalue weighted by molar-refractivity contribution is 7.52. The Labute approximate surface area is 341 Å². The number of benzene rings is 4. The van der Waals surface area contributed by atoms with Gasteiger partial charge in [0.05, 0.1) is 21.7 Å². The molecule has 1 unspecified atom stereocenters. The number of fused-ring (bicyclic) bond motifs is 14. The molecule has 0 fully saturated rings. The van der Waals surface area contributed by atoms with E-state index in [0.29, 0.717) is 11.5 Å². The SMILES string of the molecule is C[C@]1(c2cccc(O)c2)c2ccc([nH]2)[C@@](C)(c2cccc(O)c2)c2ccc([nH]2)[C@@]2(C)c3cccc(c3)OP(N)(=O)Oc3cccc(c3)[C@@](C)(c3ccc1[nH]3)c1ccc2[nH]1. The van der Waals surface area contributed by atoms with Crippen LogP contribution in [0.5, 0.6) is 23.0 Å². The number of aromatic hydroxyl groups is 2. The van der Waals surface area contributed by atoms with E-state index in [2.05, 4.69) is 96.2 Å². The molecule has 296 valence electrons. The van der Waals surface area contributed by atoms with Crippen molar-refractivity contribution in [1.82, 2.24) is 19.9 Å². The fraction of sp³-hybridized carbons (Fsp3) is 0.167. The predicted molar refractivity (Wildman–Crippen MR) is 228 cm³/mol. The van der Waals surface area contributed by atoms with Crippen LogP contribution in [-0.2, 0) is 26.2 Å². The van der Waals surface area contributed by atoms with Gasteiger partial charge in [0.2, 0.25) is 0 Å². The van der Waals surface area contributed by atoms with Crippen molar-refractivity contribution in [3.05, 3.63) is 213 Å². The van der Waals surface area contributed by atoms with E-state index in [1.54, 1.807) is 36.4 Å². The zero-order valence-corrected chi connectivity index (χ0v) is 33.9. The van der Waals surface area contributed by atoms with Crippen molar-refractivity contribution in [2.45, 2.75) is 49.4 Å². The largest absolute Gasteiger partial charge is 0.510 e. The van der Waals surface area contributed by atoms with Gasteiger partial charge >= 0.3 is 7.75 Å². The zero-order chi connectivity index (χ0) is 41.0. The number of aromatic amines is 4. The molecule has 2 aliphatic heterocycles. The molecule has 10 nitrogen and oxygen atoms in total. The van der Waals surface area contributed by atoms with E-state index in [9.17, 15) is 14.8 Å². The molecule has 0 saturated heterocycles. The average Bonchev–Trinajstić information content (AvgIpc) is 4.07. The summed E-state index contributed by atoms with van der Waals surface area (Å²) < 4.78 is 25.9. The third kappa shape index (κ3) is 5.47. The molecule has 14 bridgehead atoms. The van der Waals surface area contributed by atoms with Gasteiger partial charge < -0.3 is 39.2 Å². The Morgan fingerprint density at radius 2 is 0.678 bits per heavy atom. The van der Waals surface area contributed by atoms with E-state index in [1.807, 2.05) is 60.7 Å².